The molecule has 0 saturated heterocycles. The fraction of sp³-hybridized carbons (Fsp3) is 0.357. The summed E-state index contributed by atoms with van der Waals surface area (Å²) in [4.78, 5) is 11.4. The van der Waals surface area contributed by atoms with Gasteiger partial charge in [-0.1, -0.05) is 0 Å². The summed E-state index contributed by atoms with van der Waals surface area (Å²) in [7, 11) is 3.07. The molecular weight excluding hydrogens is 262 g/mol. The highest BCUT2D eigenvalue weighted by Gasteiger charge is 2.18. The number of aryl methyl sites for hydroxylation is 1. The molecule has 0 aliphatic rings. The maximum absolute atomic E-state index is 11.4. The van der Waals surface area contributed by atoms with Crippen LogP contribution >= 0.6 is 0 Å². The van der Waals surface area contributed by atoms with Crippen LogP contribution in [0, 0.1) is 0 Å². The second kappa shape index (κ2) is 5.83. The minimum atomic E-state index is -1.01. The molecule has 2 aromatic rings. The first-order valence-electron chi connectivity index (χ1n) is 6.21. The number of aromatic nitrogens is 1. The SMILES string of the molecule is COc1cc(OC)c2c(c1)cc(C(=O)O)n2CCCO. The first kappa shape index (κ1) is 14.2. The lowest BCUT2D eigenvalue weighted by atomic mass is 10.2. The summed E-state index contributed by atoms with van der Waals surface area (Å²) in [5.41, 5.74) is 0.860. The molecule has 20 heavy (non-hydrogen) atoms. The number of methoxy groups -OCH3 is 2. The Morgan fingerprint density at radius 2 is 2.00 bits per heavy atom. The highest BCUT2D eigenvalue weighted by molar-refractivity contribution is 5.97. The third-order valence-corrected chi connectivity index (χ3v) is 3.15. The highest BCUT2D eigenvalue weighted by Crippen LogP contribution is 2.33. The van der Waals surface area contributed by atoms with E-state index in [-0.39, 0.29) is 12.3 Å². The fourth-order valence-corrected chi connectivity index (χ4v) is 2.26. The number of fused-ring (bicyclic) bond motifs is 1. The Kier molecular flexibility index (Phi) is 4.14. The molecule has 0 aliphatic heterocycles. The third kappa shape index (κ3) is 2.42. The number of carbonyl (C=O) groups is 1. The van der Waals surface area contributed by atoms with Crippen molar-refractivity contribution < 1.29 is 24.5 Å². The van der Waals surface area contributed by atoms with Crippen molar-refractivity contribution in [3.05, 3.63) is 23.9 Å². The van der Waals surface area contributed by atoms with E-state index in [1.807, 2.05) is 0 Å². The largest absolute Gasteiger partial charge is 0.497 e. The number of hydrogen-bond acceptors (Lipinski definition) is 4. The van der Waals surface area contributed by atoms with Crippen molar-refractivity contribution in [2.24, 2.45) is 0 Å². The minimum absolute atomic E-state index is 0.00278. The number of aromatic carboxylic acids is 1. The van der Waals surface area contributed by atoms with Gasteiger partial charge in [-0.25, -0.2) is 4.79 Å². The normalized spacial score (nSPS) is 10.8. The molecule has 0 bridgehead atoms. The zero-order valence-corrected chi connectivity index (χ0v) is 11.4. The Morgan fingerprint density at radius 1 is 1.25 bits per heavy atom. The molecule has 6 nitrogen and oxygen atoms in total. The highest BCUT2D eigenvalue weighted by atomic mass is 16.5. The summed E-state index contributed by atoms with van der Waals surface area (Å²) in [6.45, 7) is 0.404. The third-order valence-electron chi connectivity index (χ3n) is 3.15. The number of carboxylic acids is 1. The van der Waals surface area contributed by atoms with Crippen LogP contribution in [0.25, 0.3) is 10.9 Å². The van der Waals surface area contributed by atoms with E-state index < -0.39 is 5.97 Å². The Balaban J connectivity index is 2.70. The standard InChI is InChI=1S/C14H17NO5/c1-19-10-6-9-7-11(14(17)18)15(4-3-5-16)13(9)12(8-10)20-2/h6-8,16H,3-5H2,1-2H3,(H,17,18). The molecule has 2 rings (SSSR count). The van der Waals surface area contributed by atoms with Crippen LogP contribution in [-0.2, 0) is 6.54 Å². The molecule has 0 unspecified atom stereocenters. The van der Waals surface area contributed by atoms with E-state index in [9.17, 15) is 9.90 Å². The van der Waals surface area contributed by atoms with Gasteiger partial charge in [0.25, 0.3) is 0 Å². The van der Waals surface area contributed by atoms with Crippen LogP contribution in [0.2, 0.25) is 0 Å². The Morgan fingerprint density at radius 3 is 2.55 bits per heavy atom. The van der Waals surface area contributed by atoms with Gasteiger partial charge in [-0.2, -0.15) is 0 Å². The van der Waals surface area contributed by atoms with Gasteiger partial charge >= 0.3 is 5.97 Å². The molecule has 1 heterocycles. The van der Waals surface area contributed by atoms with Gasteiger partial charge in [-0.3, -0.25) is 0 Å². The summed E-state index contributed by atoms with van der Waals surface area (Å²) < 4.78 is 12.2. The maximum Gasteiger partial charge on any atom is 0.352 e. The minimum Gasteiger partial charge on any atom is -0.497 e. The van der Waals surface area contributed by atoms with Crippen LogP contribution in [0.5, 0.6) is 11.5 Å². The zero-order chi connectivity index (χ0) is 14.7. The number of rotatable bonds is 6. The Labute approximate surface area is 116 Å². The van der Waals surface area contributed by atoms with E-state index in [1.165, 1.54) is 7.11 Å². The van der Waals surface area contributed by atoms with E-state index in [0.29, 0.717) is 30.0 Å². The molecule has 2 N–H and O–H groups in total. The van der Waals surface area contributed by atoms with Gasteiger partial charge in [0, 0.05) is 24.6 Å². The smallest absolute Gasteiger partial charge is 0.352 e. The van der Waals surface area contributed by atoms with Gasteiger partial charge in [0.2, 0.25) is 0 Å². The van der Waals surface area contributed by atoms with Crippen molar-refractivity contribution in [1.82, 2.24) is 4.57 Å². The average molecular weight is 279 g/mol. The van der Waals surface area contributed by atoms with Crippen LogP contribution < -0.4 is 9.47 Å². The first-order chi connectivity index (χ1) is 9.62. The predicted octanol–water partition coefficient (Wildman–Crippen LogP) is 1.74. The number of aliphatic hydroxyl groups is 1. The Bertz CT molecular complexity index is 632. The van der Waals surface area contributed by atoms with Gasteiger partial charge in [0.05, 0.1) is 19.7 Å². The topological polar surface area (TPSA) is 80.9 Å². The van der Waals surface area contributed by atoms with E-state index in [0.717, 1.165) is 5.39 Å². The molecule has 0 saturated carbocycles. The summed E-state index contributed by atoms with van der Waals surface area (Å²) in [6, 6.07) is 5.06. The molecule has 0 atom stereocenters. The van der Waals surface area contributed by atoms with Gasteiger partial charge in [0.15, 0.2) is 0 Å². The lowest BCUT2D eigenvalue weighted by molar-refractivity contribution is 0.0685. The van der Waals surface area contributed by atoms with E-state index in [4.69, 9.17) is 14.6 Å². The Hall–Kier alpha value is -2.21. The lowest BCUT2D eigenvalue weighted by Crippen LogP contribution is -2.09. The molecule has 0 aliphatic carbocycles. The van der Waals surface area contributed by atoms with E-state index in [1.54, 1.807) is 29.9 Å². The molecule has 0 spiro atoms. The van der Waals surface area contributed by atoms with Crippen LogP contribution in [0.15, 0.2) is 18.2 Å². The van der Waals surface area contributed by atoms with Crippen molar-refractivity contribution in [2.75, 3.05) is 20.8 Å². The monoisotopic (exact) mass is 279 g/mol. The van der Waals surface area contributed by atoms with Crippen LogP contribution in [0.1, 0.15) is 16.9 Å². The van der Waals surface area contributed by atoms with Crippen molar-refractivity contribution in [3.63, 3.8) is 0 Å². The zero-order valence-electron chi connectivity index (χ0n) is 11.4. The molecular formula is C14H17NO5. The quantitative estimate of drug-likeness (QED) is 0.841. The van der Waals surface area contributed by atoms with E-state index in [2.05, 4.69) is 0 Å². The summed E-state index contributed by atoms with van der Waals surface area (Å²) in [6.07, 6.45) is 0.471. The molecule has 0 radical (unpaired) electrons. The average Bonchev–Trinajstić information content (AvgIpc) is 2.82. The van der Waals surface area contributed by atoms with Gasteiger partial charge in [-0.05, 0) is 18.6 Å². The molecule has 1 aromatic heterocycles. The molecule has 1 aromatic carbocycles. The van der Waals surface area contributed by atoms with Crippen LogP contribution in [0.3, 0.4) is 0 Å². The van der Waals surface area contributed by atoms with Crippen LogP contribution in [0.4, 0.5) is 0 Å². The van der Waals surface area contributed by atoms with Crippen LogP contribution in [-0.4, -0.2) is 41.6 Å². The van der Waals surface area contributed by atoms with Crippen molar-refractivity contribution >= 4 is 16.9 Å². The van der Waals surface area contributed by atoms with Gasteiger partial charge in [0.1, 0.15) is 17.2 Å². The second-order valence-electron chi connectivity index (χ2n) is 4.33. The maximum atomic E-state index is 11.4. The number of carboxylic acid groups (broad SMARTS) is 1. The molecule has 6 heteroatoms. The molecule has 0 fully saturated rings. The number of ether oxygens (including phenoxy) is 2. The van der Waals surface area contributed by atoms with Gasteiger partial charge in [-0.15, -0.1) is 0 Å². The van der Waals surface area contributed by atoms with Crippen molar-refractivity contribution in [2.45, 2.75) is 13.0 Å². The summed E-state index contributed by atoms with van der Waals surface area (Å²) in [5, 5.41) is 19.0. The molecule has 0 amide bonds. The molecule has 108 valence electrons. The van der Waals surface area contributed by atoms with Crippen molar-refractivity contribution in [3.8, 4) is 11.5 Å². The first-order valence-corrected chi connectivity index (χ1v) is 6.21. The predicted molar refractivity (Wildman–Crippen MR) is 73.7 cm³/mol. The number of aliphatic hydroxyl groups excluding tert-OH is 1. The second-order valence-corrected chi connectivity index (χ2v) is 4.33. The van der Waals surface area contributed by atoms with Crippen molar-refractivity contribution in [1.29, 1.82) is 0 Å². The number of nitrogens with zero attached hydrogens (tertiary/aromatic N) is 1. The summed E-state index contributed by atoms with van der Waals surface area (Å²) >= 11 is 0. The fourth-order valence-electron chi connectivity index (χ4n) is 2.26. The van der Waals surface area contributed by atoms with E-state index >= 15 is 0 Å². The number of hydrogen-bond donors (Lipinski definition) is 2. The number of benzene rings is 1. The summed E-state index contributed by atoms with van der Waals surface area (Å²) in [5.74, 6) is 0.135. The lowest BCUT2D eigenvalue weighted by Gasteiger charge is -2.11. The van der Waals surface area contributed by atoms with Gasteiger partial charge < -0.3 is 24.3 Å².